The monoisotopic (exact) mass is 620 g/mol. The van der Waals surface area contributed by atoms with Gasteiger partial charge in [-0.2, -0.15) is 25.3 Å². The number of carbonyl (C=O) groups is 2. The van der Waals surface area contributed by atoms with Crippen molar-refractivity contribution < 1.29 is 101 Å². The first-order valence-electron chi connectivity index (χ1n) is 9.40. The molecule has 0 radical (unpaired) electrons. The van der Waals surface area contributed by atoms with Gasteiger partial charge in [0.05, 0.1) is 0 Å². The molecule has 19 heteroatoms. The molecule has 2 aliphatic rings. The number of hydrogen-bond acceptors (Lipinski definition) is 9. The van der Waals surface area contributed by atoms with Crippen LogP contribution in [0, 0.1) is 0 Å². The second kappa shape index (κ2) is 12.0. The van der Waals surface area contributed by atoms with Gasteiger partial charge < -0.3 is 22.6 Å². The fraction of sp³-hybridized carbons (Fsp3) is 0.100. The Hall–Kier alpha value is -2.33. The van der Waals surface area contributed by atoms with Gasteiger partial charge in [0, 0.05) is 22.3 Å². The molecule has 2 aromatic carbocycles. The van der Waals surface area contributed by atoms with E-state index in [1.165, 1.54) is 36.4 Å². The summed E-state index contributed by atoms with van der Waals surface area (Å²) in [5.74, 6) is -2.89. The molecule has 0 saturated heterocycles. The quantitative estimate of drug-likeness (QED) is 0.211. The summed E-state index contributed by atoms with van der Waals surface area (Å²) in [4.78, 5) is 20.6. The van der Waals surface area contributed by atoms with E-state index in [2.05, 4.69) is 0 Å². The summed E-state index contributed by atoms with van der Waals surface area (Å²) in [6.07, 6.45) is 0.235. The molecule has 0 amide bonds. The molecule has 2 unspecified atom stereocenters. The van der Waals surface area contributed by atoms with Gasteiger partial charge in [-0.1, -0.05) is 42.5 Å². The number of hydrogen-bond donors (Lipinski definition) is 3. The van der Waals surface area contributed by atoms with E-state index in [1.54, 1.807) is 0 Å². The smallest absolute Gasteiger partial charge is 1.00 e. The predicted octanol–water partition coefficient (Wildman–Crippen LogP) is -4.29. The van der Waals surface area contributed by atoms with Crippen molar-refractivity contribution in [3.8, 4) is 5.75 Å². The van der Waals surface area contributed by atoms with Gasteiger partial charge in [0.15, 0.2) is 16.8 Å². The van der Waals surface area contributed by atoms with Crippen molar-refractivity contribution in [1.82, 2.24) is 0 Å². The van der Waals surface area contributed by atoms with E-state index < -0.39 is 73.9 Å². The molecule has 0 aromatic heterocycles. The first-order valence-corrected chi connectivity index (χ1v) is 13.8. The molecule has 0 heterocycles. The van der Waals surface area contributed by atoms with Gasteiger partial charge in [-0.05, 0) is 18.2 Å². The SMILES string of the molecule is O.O.O.O=C1C2=C(C(=O)c3ccccc31)C(S(=O)(=O)O)C(Oc1ccccc1)(S(=O)(=O)O)C(S(=O)(=O)O)=C2.[H-].[Na+]. The average molecular weight is 621 g/mol. The van der Waals surface area contributed by atoms with E-state index in [1.807, 2.05) is 0 Å². The molecule has 210 valence electrons. The van der Waals surface area contributed by atoms with E-state index in [-0.39, 0.29) is 64.6 Å². The number of rotatable bonds is 5. The number of ketones is 2. The minimum Gasteiger partial charge on any atom is -1.00 e. The van der Waals surface area contributed by atoms with Gasteiger partial charge in [0.25, 0.3) is 25.2 Å². The number of Topliss-reactive ketones (excluding diaryl/α,β-unsaturated/α-hetero) is 2. The molecule has 0 fully saturated rings. The standard InChI is InChI=1S/C20H14O12S3.Na.3H2O.H/c21-17-12-8-4-5-9-13(12)18(22)16-14(17)10-15(33(23,24)25)20(35(29,30)31,19(16)34(26,27)28)32-11-6-2-1-3-7-11;;;;;/h1-10,19H,(H,23,24,25)(H,26,27,28)(H,29,30,31);;3*1H2;/q;+1;;;;-1. The molecule has 0 spiro atoms. The van der Waals surface area contributed by atoms with Gasteiger partial charge in [-0.25, -0.2) is 0 Å². The summed E-state index contributed by atoms with van der Waals surface area (Å²) < 4.78 is 111. The Balaban J connectivity index is 0. The van der Waals surface area contributed by atoms with Crippen LogP contribution in [0.4, 0.5) is 0 Å². The van der Waals surface area contributed by atoms with E-state index in [0.717, 1.165) is 18.2 Å². The van der Waals surface area contributed by atoms with Crippen molar-refractivity contribution in [3.05, 3.63) is 87.9 Å². The van der Waals surface area contributed by atoms with Crippen LogP contribution in [0.15, 0.2) is 76.7 Å². The maximum Gasteiger partial charge on any atom is 1.00 e. The molecular weight excluding hydrogens is 599 g/mol. The number of para-hydroxylation sites is 1. The van der Waals surface area contributed by atoms with Crippen LogP contribution in [-0.4, -0.2) is 77.1 Å². The van der Waals surface area contributed by atoms with Crippen molar-refractivity contribution >= 4 is 41.9 Å². The fourth-order valence-electron chi connectivity index (χ4n) is 4.05. The van der Waals surface area contributed by atoms with Gasteiger partial charge in [0.2, 0.25) is 0 Å². The number of fused-ring (bicyclic) bond motifs is 1. The van der Waals surface area contributed by atoms with Gasteiger partial charge in [-0.15, -0.1) is 0 Å². The Labute approximate surface area is 245 Å². The zero-order chi connectivity index (χ0) is 26.0. The Morgan fingerprint density at radius 3 is 1.64 bits per heavy atom. The maximum absolute atomic E-state index is 13.3. The zero-order valence-corrected chi connectivity index (χ0v) is 24.0. The minimum atomic E-state index is -6.09. The second-order valence-corrected chi connectivity index (χ2v) is 11.9. The fourth-order valence-corrected chi connectivity index (χ4v) is 8.27. The van der Waals surface area contributed by atoms with E-state index in [9.17, 15) is 48.5 Å². The van der Waals surface area contributed by atoms with Crippen LogP contribution in [0.3, 0.4) is 0 Å². The Bertz CT molecular complexity index is 1690. The molecular formula is C20H21NaO15S3. The molecule has 0 bridgehead atoms. The molecule has 2 aromatic rings. The number of allylic oxidation sites excluding steroid dienone is 2. The predicted molar refractivity (Wildman–Crippen MR) is 130 cm³/mol. The van der Waals surface area contributed by atoms with Crippen LogP contribution >= 0.6 is 0 Å². The zero-order valence-electron chi connectivity index (χ0n) is 20.6. The molecule has 0 saturated carbocycles. The van der Waals surface area contributed by atoms with Crippen molar-refractivity contribution in [2.45, 2.75) is 10.2 Å². The third-order valence-electron chi connectivity index (χ3n) is 5.39. The van der Waals surface area contributed by atoms with Crippen LogP contribution in [0.1, 0.15) is 22.1 Å². The summed E-state index contributed by atoms with van der Waals surface area (Å²) in [6, 6.07) is 11.0. The first-order chi connectivity index (χ1) is 16.1. The van der Waals surface area contributed by atoms with Crippen LogP contribution in [-0.2, 0) is 30.4 Å². The topological polar surface area (TPSA) is 301 Å². The average Bonchev–Trinajstić information content (AvgIpc) is 2.75. The summed E-state index contributed by atoms with van der Waals surface area (Å²) in [5.41, 5.74) is -2.76. The summed E-state index contributed by atoms with van der Waals surface area (Å²) >= 11 is 0. The Morgan fingerprint density at radius 1 is 0.744 bits per heavy atom. The summed E-state index contributed by atoms with van der Waals surface area (Å²) in [7, 11) is -17.7. The Kier molecular flexibility index (Phi) is 11.3. The molecule has 0 aliphatic heterocycles. The molecule has 2 atom stereocenters. The van der Waals surface area contributed by atoms with Crippen LogP contribution in [0.25, 0.3) is 0 Å². The van der Waals surface area contributed by atoms with Crippen LogP contribution < -0.4 is 34.3 Å². The van der Waals surface area contributed by atoms with Crippen molar-refractivity contribution in [2.24, 2.45) is 0 Å². The third kappa shape index (κ3) is 5.92. The van der Waals surface area contributed by atoms with Crippen LogP contribution in [0.5, 0.6) is 5.75 Å². The van der Waals surface area contributed by atoms with E-state index in [0.29, 0.717) is 0 Å². The normalized spacial score (nSPS) is 20.5. The van der Waals surface area contributed by atoms with E-state index in [4.69, 9.17) is 4.74 Å². The van der Waals surface area contributed by atoms with Crippen molar-refractivity contribution in [2.75, 3.05) is 0 Å². The van der Waals surface area contributed by atoms with Gasteiger partial charge in [0.1, 0.15) is 10.7 Å². The van der Waals surface area contributed by atoms with Crippen molar-refractivity contribution in [3.63, 3.8) is 0 Å². The molecule has 2 aliphatic carbocycles. The molecule has 9 N–H and O–H groups in total. The van der Waals surface area contributed by atoms with Crippen LogP contribution in [0.2, 0.25) is 0 Å². The molecule has 39 heavy (non-hydrogen) atoms. The number of carbonyl (C=O) groups excluding carboxylic acids is 2. The first kappa shape index (κ1) is 36.7. The number of ether oxygens (including phenoxy) is 1. The van der Waals surface area contributed by atoms with Crippen molar-refractivity contribution in [1.29, 1.82) is 0 Å². The maximum atomic E-state index is 13.3. The minimum absolute atomic E-state index is 0. The third-order valence-corrected chi connectivity index (χ3v) is 9.12. The summed E-state index contributed by atoms with van der Waals surface area (Å²) in [6.45, 7) is 0. The molecule has 4 rings (SSSR count). The largest absolute Gasteiger partial charge is 1.00 e. The summed E-state index contributed by atoms with van der Waals surface area (Å²) in [5, 5.41) is -3.20. The Morgan fingerprint density at radius 2 is 1.21 bits per heavy atom. The second-order valence-electron chi connectivity index (χ2n) is 7.47. The van der Waals surface area contributed by atoms with Gasteiger partial charge >= 0.3 is 39.7 Å². The molecule has 15 nitrogen and oxygen atoms in total. The van der Waals surface area contributed by atoms with Gasteiger partial charge in [-0.3, -0.25) is 23.2 Å². The number of benzene rings is 2. The van der Waals surface area contributed by atoms with E-state index >= 15 is 0 Å².